The molecule has 1 aliphatic heterocycles. The minimum Gasteiger partial charge on any atom is -0.493 e. The summed E-state index contributed by atoms with van der Waals surface area (Å²) in [6.45, 7) is 10.4. The Kier molecular flexibility index (Phi) is 7.66. The largest absolute Gasteiger partial charge is 0.493 e. The molecule has 0 N–H and O–H groups in total. The van der Waals surface area contributed by atoms with Gasteiger partial charge in [0.05, 0.1) is 6.61 Å². The predicted octanol–water partition coefficient (Wildman–Crippen LogP) is 6.02. The molecule has 2 aliphatic rings. The number of aryl methyl sites for hydroxylation is 1. The molecule has 0 amide bonds. The highest BCUT2D eigenvalue weighted by atomic mass is 19.1. The number of hydrogen-bond donors (Lipinski definition) is 0. The van der Waals surface area contributed by atoms with Gasteiger partial charge in [-0.05, 0) is 90.8 Å². The highest BCUT2D eigenvalue weighted by Gasteiger charge is 2.22. The topological polar surface area (TPSA) is 28.6 Å². The summed E-state index contributed by atoms with van der Waals surface area (Å²) in [7, 11) is 0. The first-order valence-electron chi connectivity index (χ1n) is 13.1. The van der Waals surface area contributed by atoms with Crippen LogP contribution < -0.4 is 9.64 Å². The third-order valence-electron chi connectivity index (χ3n) is 7.50. The highest BCUT2D eigenvalue weighted by Crippen LogP contribution is 2.34. The van der Waals surface area contributed by atoms with E-state index >= 15 is 0 Å². The van der Waals surface area contributed by atoms with Crippen molar-refractivity contribution in [2.75, 3.05) is 44.2 Å². The van der Waals surface area contributed by atoms with Crippen molar-refractivity contribution in [1.29, 1.82) is 0 Å². The average Bonchev–Trinajstić information content (AvgIpc) is 2.91. The lowest BCUT2D eigenvalue weighted by atomic mass is 9.86. The van der Waals surface area contributed by atoms with Gasteiger partial charge in [0.15, 0.2) is 0 Å². The molecule has 4 nitrogen and oxygen atoms in total. The van der Waals surface area contributed by atoms with Crippen LogP contribution in [0.4, 0.5) is 10.2 Å². The summed E-state index contributed by atoms with van der Waals surface area (Å²) in [4.78, 5) is 9.48. The van der Waals surface area contributed by atoms with Gasteiger partial charge < -0.3 is 9.64 Å². The Hall–Kier alpha value is -3.18. The van der Waals surface area contributed by atoms with Gasteiger partial charge in [-0.25, -0.2) is 9.37 Å². The molecule has 5 heteroatoms. The molecule has 2 aromatic carbocycles. The summed E-state index contributed by atoms with van der Waals surface area (Å²) in [5.41, 5.74) is 6.90. The van der Waals surface area contributed by atoms with Crippen LogP contribution in [0.25, 0.3) is 5.57 Å². The maximum Gasteiger partial charge on any atom is 0.128 e. The summed E-state index contributed by atoms with van der Waals surface area (Å²) >= 11 is 0. The van der Waals surface area contributed by atoms with Crippen LogP contribution in [0.15, 0.2) is 72.4 Å². The summed E-state index contributed by atoms with van der Waals surface area (Å²) in [6, 6.07) is 19.5. The monoisotopic (exact) mass is 485 g/mol. The number of allylic oxidation sites excluding steroid dienone is 1. The van der Waals surface area contributed by atoms with Gasteiger partial charge in [-0.2, -0.15) is 0 Å². The van der Waals surface area contributed by atoms with Gasteiger partial charge in [0.1, 0.15) is 17.4 Å². The fraction of sp³-hybridized carbons (Fsp3) is 0.387. The Labute approximate surface area is 214 Å². The molecule has 1 aromatic heterocycles. The van der Waals surface area contributed by atoms with Crippen molar-refractivity contribution in [2.45, 2.75) is 33.1 Å². The van der Waals surface area contributed by atoms with E-state index in [4.69, 9.17) is 4.74 Å². The number of pyridine rings is 1. The van der Waals surface area contributed by atoms with Crippen LogP contribution in [0.1, 0.15) is 37.0 Å². The molecule has 0 bridgehead atoms. The van der Waals surface area contributed by atoms with Crippen LogP contribution in [0.3, 0.4) is 0 Å². The number of halogens is 1. The maximum atomic E-state index is 13.1. The smallest absolute Gasteiger partial charge is 0.128 e. The fourth-order valence-corrected chi connectivity index (χ4v) is 5.36. The quantitative estimate of drug-likeness (QED) is 0.390. The van der Waals surface area contributed by atoms with Crippen LogP contribution in [-0.2, 0) is 12.8 Å². The van der Waals surface area contributed by atoms with E-state index in [1.165, 1.54) is 28.8 Å². The molecule has 3 aromatic rings. The van der Waals surface area contributed by atoms with E-state index in [0.29, 0.717) is 12.5 Å². The Bertz CT molecular complexity index is 1180. The zero-order valence-electron chi connectivity index (χ0n) is 21.4. The summed E-state index contributed by atoms with van der Waals surface area (Å²) in [5.74, 6) is 2.20. The summed E-state index contributed by atoms with van der Waals surface area (Å²) in [6.07, 6.45) is 4.94. The standard InChI is InChI=1S/C31H36FN3O/c1-23(19-25-6-10-28(32)11-7-25)22-36-29-12-13-30-24(2)27(9-8-26(30)20-29)21-34-15-17-35(18-16-34)31-5-3-4-14-33-31/h3-7,10-14,20,23H,8-9,15-19,21-22H2,1-2H3/t23-/m1/s1. The Morgan fingerprint density at radius 3 is 2.53 bits per heavy atom. The molecule has 0 unspecified atom stereocenters. The second kappa shape index (κ2) is 11.3. The van der Waals surface area contributed by atoms with Crippen molar-refractivity contribution < 1.29 is 9.13 Å². The molecule has 1 fully saturated rings. The van der Waals surface area contributed by atoms with E-state index < -0.39 is 0 Å². The summed E-state index contributed by atoms with van der Waals surface area (Å²) < 4.78 is 19.3. The van der Waals surface area contributed by atoms with Crippen molar-refractivity contribution in [2.24, 2.45) is 5.92 Å². The maximum absolute atomic E-state index is 13.1. The van der Waals surface area contributed by atoms with E-state index in [9.17, 15) is 4.39 Å². The number of rotatable bonds is 8. The second-order valence-corrected chi connectivity index (χ2v) is 10.2. The van der Waals surface area contributed by atoms with Crippen LogP contribution >= 0.6 is 0 Å². The first kappa shape index (κ1) is 24.5. The third kappa shape index (κ3) is 5.96. The number of fused-ring (bicyclic) bond motifs is 1. The number of aromatic nitrogens is 1. The van der Waals surface area contributed by atoms with Gasteiger partial charge in [-0.1, -0.05) is 36.8 Å². The number of ether oxygens (including phenoxy) is 1. The van der Waals surface area contributed by atoms with Crippen LogP contribution in [0, 0.1) is 11.7 Å². The van der Waals surface area contributed by atoms with Gasteiger partial charge in [0.2, 0.25) is 0 Å². The molecule has 1 aliphatic carbocycles. The zero-order chi connectivity index (χ0) is 24.9. The lowest BCUT2D eigenvalue weighted by Crippen LogP contribution is -2.47. The number of benzene rings is 2. The highest BCUT2D eigenvalue weighted by molar-refractivity contribution is 5.72. The van der Waals surface area contributed by atoms with Crippen LogP contribution in [0.5, 0.6) is 5.75 Å². The first-order chi connectivity index (χ1) is 17.5. The number of piperazine rings is 1. The van der Waals surface area contributed by atoms with Crippen LogP contribution in [0.2, 0.25) is 0 Å². The molecule has 5 rings (SSSR count). The molecule has 0 saturated carbocycles. The van der Waals surface area contributed by atoms with Crippen molar-refractivity contribution in [3.8, 4) is 5.75 Å². The first-order valence-corrected chi connectivity index (χ1v) is 13.1. The predicted molar refractivity (Wildman–Crippen MR) is 145 cm³/mol. The van der Waals surface area contributed by atoms with Gasteiger partial charge in [-0.15, -0.1) is 0 Å². The SMILES string of the molecule is CC1=C(CN2CCN(c3ccccn3)CC2)CCc2cc(OC[C@H](C)Cc3ccc(F)cc3)ccc21. The summed E-state index contributed by atoms with van der Waals surface area (Å²) in [5, 5.41) is 0. The minimum atomic E-state index is -0.188. The Morgan fingerprint density at radius 2 is 1.78 bits per heavy atom. The Balaban J connectivity index is 1.15. The lowest BCUT2D eigenvalue weighted by Gasteiger charge is -2.36. The van der Waals surface area contributed by atoms with Gasteiger partial charge >= 0.3 is 0 Å². The van der Waals surface area contributed by atoms with Gasteiger partial charge in [0, 0.05) is 38.9 Å². The molecule has 1 atom stereocenters. The number of nitrogens with zero attached hydrogens (tertiary/aromatic N) is 3. The van der Waals surface area contributed by atoms with E-state index in [-0.39, 0.29) is 5.82 Å². The molecule has 36 heavy (non-hydrogen) atoms. The minimum absolute atomic E-state index is 0.188. The van der Waals surface area contributed by atoms with Crippen LogP contribution in [-0.4, -0.2) is 49.2 Å². The molecule has 188 valence electrons. The lowest BCUT2D eigenvalue weighted by molar-refractivity contribution is 0.259. The van der Waals surface area contributed by atoms with Gasteiger partial charge in [-0.3, -0.25) is 4.90 Å². The molecule has 1 saturated heterocycles. The number of anilines is 1. The third-order valence-corrected chi connectivity index (χ3v) is 7.50. The molecule has 0 spiro atoms. The van der Waals surface area contributed by atoms with Crippen molar-refractivity contribution >= 4 is 11.4 Å². The van der Waals surface area contributed by atoms with Gasteiger partial charge in [0.25, 0.3) is 0 Å². The fourth-order valence-electron chi connectivity index (χ4n) is 5.36. The van der Waals surface area contributed by atoms with E-state index in [2.05, 4.69) is 59.0 Å². The van der Waals surface area contributed by atoms with E-state index in [1.54, 1.807) is 5.57 Å². The molecule has 0 radical (unpaired) electrons. The number of hydrogen-bond acceptors (Lipinski definition) is 4. The van der Waals surface area contributed by atoms with E-state index in [0.717, 1.165) is 69.1 Å². The van der Waals surface area contributed by atoms with Crippen molar-refractivity contribution in [3.05, 3.63) is 94.9 Å². The molecule has 2 heterocycles. The molecular weight excluding hydrogens is 449 g/mol. The van der Waals surface area contributed by atoms with E-state index in [1.807, 2.05) is 24.4 Å². The Morgan fingerprint density at radius 1 is 0.972 bits per heavy atom. The van der Waals surface area contributed by atoms with Crippen molar-refractivity contribution in [1.82, 2.24) is 9.88 Å². The zero-order valence-corrected chi connectivity index (χ0v) is 21.4. The second-order valence-electron chi connectivity index (χ2n) is 10.2. The molecular formula is C31H36FN3O. The average molecular weight is 486 g/mol. The van der Waals surface area contributed by atoms with Crippen molar-refractivity contribution in [3.63, 3.8) is 0 Å². The normalized spacial score (nSPS) is 17.1.